The molecule has 1 fully saturated rings. The first-order valence-electron chi connectivity index (χ1n) is 6.88. The molecule has 0 aromatic heterocycles. The van der Waals surface area contributed by atoms with Gasteiger partial charge in [-0.2, -0.15) is 13.2 Å². The molecule has 1 saturated heterocycles. The normalized spacial score (nSPS) is 27.2. The lowest BCUT2D eigenvalue weighted by molar-refractivity contribution is -0.139. The molecule has 0 aromatic rings. The summed E-state index contributed by atoms with van der Waals surface area (Å²) in [6.45, 7) is 6.39. The molecule has 1 rings (SSSR count). The number of hydrogen-bond acceptors (Lipinski definition) is 2. The van der Waals surface area contributed by atoms with E-state index in [1.54, 1.807) is 6.92 Å². The van der Waals surface area contributed by atoms with Crippen LogP contribution >= 0.6 is 0 Å². The second kappa shape index (κ2) is 6.75. The van der Waals surface area contributed by atoms with Gasteiger partial charge in [0.15, 0.2) is 0 Å². The minimum absolute atomic E-state index is 0.146. The predicted octanol–water partition coefficient (Wildman–Crippen LogP) is 3.09. The quantitative estimate of drug-likeness (QED) is 0.772. The Morgan fingerprint density at radius 1 is 1.39 bits per heavy atom. The molecule has 1 aliphatic heterocycles. The number of nitrogens with one attached hydrogen (secondary N) is 2. The first-order chi connectivity index (χ1) is 8.37. The average Bonchev–Trinajstić information content (AvgIpc) is 2.26. The lowest BCUT2D eigenvalue weighted by atomic mass is 9.77. The first kappa shape index (κ1) is 15.8. The van der Waals surface area contributed by atoms with E-state index in [2.05, 4.69) is 17.6 Å². The molecule has 0 bridgehead atoms. The smallest absolute Gasteiger partial charge is 0.316 e. The van der Waals surface area contributed by atoms with Gasteiger partial charge in [-0.3, -0.25) is 0 Å². The van der Waals surface area contributed by atoms with Gasteiger partial charge in [-0.15, -0.1) is 0 Å². The number of hydrogen-bond donors (Lipinski definition) is 2. The van der Waals surface area contributed by atoms with Gasteiger partial charge in [0.2, 0.25) is 0 Å². The maximum absolute atomic E-state index is 12.3. The molecule has 1 aliphatic rings. The van der Waals surface area contributed by atoms with Crippen molar-refractivity contribution in [3.63, 3.8) is 0 Å². The van der Waals surface area contributed by atoms with E-state index in [0.29, 0.717) is 6.54 Å². The second-order valence-electron chi connectivity index (χ2n) is 5.63. The first-order valence-corrected chi connectivity index (χ1v) is 6.88. The Kier molecular flexibility index (Phi) is 5.92. The van der Waals surface area contributed by atoms with Crippen LogP contribution in [0.25, 0.3) is 0 Å². The Morgan fingerprint density at radius 2 is 2.11 bits per heavy atom. The molecule has 0 spiro atoms. The molecule has 0 saturated carbocycles. The minimum Gasteiger partial charge on any atom is -0.316 e. The van der Waals surface area contributed by atoms with E-state index in [4.69, 9.17) is 0 Å². The van der Waals surface area contributed by atoms with Crippen molar-refractivity contribution >= 4 is 0 Å². The zero-order valence-corrected chi connectivity index (χ0v) is 11.4. The fourth-order valence-corrected chi connectivity index (χ4v) is 2.82. The zero-order chi connectivity index (χ0) is 13.6. The van der Waals surface area contributed by atoms with Gasteiger partial charge < -0.3 is 10.6 Å². The number of piperidine rings is 1. The van der Waals surface area contributed by atoms with E-state index in [0.717, 1.165) is 38.8 Å². The maximum atomic E-state index is 12.3. The molecule has 0 aliphatic carbocycles. The van der Waals surface area contributed by atoms with E-state index in [-0.39, 0.29) is 5.41 Å². The summed E-state index contributed by atoms with van der Waals surface area (Å²) in [5.41, 5.74) is 0.146. The van der Waals surface area contributed by atoms with Gasteiger partial charge in [0.1, 0.15) is 0 Å². The van der Waals surface area contributed by atoms with Crippen LogP contribution < -0.4 is 10.6 Å². The van der Waals surface area contributed by atoms with Crippen LogP contribution in [0.15, 0.2) is 0 Å². The fourth-order valence-electron chi connectivity index (χ4n) is 2.82. The molecule has 108 valence electrons. The van der Waals surface area contributed by atoms with Crippen LogP contribution in [0.5, 0.6) is 0 Å². The third-order valence-electron chi connectivity index (χ3n) is 3.70. The molecule has 0 amide bonds. The van der Waals surface area contributed by atoms with Gasteiger partial charge >= 0.3 is 6.18 Å². The maximum Gasteiger partial charge on any atom is 0.390 e. The summed E-state index contributed by atoms with van der Waals surface area (Å²) in [7, 11) is 0. The van der Waals surface area contributed by atoms with Crippen molar-refractivity contribution in [3.8, 4) is 0 Å². The molecule has 18 heavy (non-hydrogen) atoms. The lowest BCUT2D eigenvalue weighted by Gasteiger charge is -2.39. The van der Waals surface area contributed by atoms with Crippen molar-refractivity contribution < 1.29 is 13.2 Å². The van der Waals surface area contributed by atoms with Crippen LogP contribution in [-0.4, -0.2) is 31.9 Å². The van der Waals surface area contributed by atoms with Crippen molar-refractivity contribution in [3.05, 3.63) is 0 Å². The molecule has 1 heterocycles. The van der Waals surface area contributed by atoms with E-state index in [1.807, 2.05) is 0 Å². The van der Waals surface area contributed by atoms with Crippen LogP contribution in [-0.2, 0) is 0 Å². The highest BCUT2D eigenvalue weighted by Crippen LogP contribution is 2.31. The Balaban J connectivity index is 2.42. The molecule has 2 N–H and O–H groups in total. The van der Waals surface area contributed by atoms with Crippen LogP contribution in [0.2, 0.25) is 0 Å². The van der Waals surface area contributed by atoms with Gasteiger partial charge in [-0.25, -0.2) is 0 Å². The number of rotatable bonds is 6. The summed E-state index contributed by atoms with van der Waals surface area (Å²) in [6, 6.07) is -0.499. The van der Waals surface area contributed by atoms with Crippen LogP contribution in [0, 0.1) is 5.41 Å². The highest BCUT2D eigenvalue weighted by atomic mass is 19.4. The molecule has 2 nitrogen and oxygen atoms in total. The van der Waals surface area contributed by atoms with E-state index in [1.165, 1.54) is 0 Å². The molecule has 0 aromatic carbocycles. The largest absolute Gasteiger partial charge is 0.390 e. The molecular formula is C13H25F3N2. The Hall–Kier alpha value is -0.290. The minimum atomic E-state index is -4.07. The summed E-state index contributed by atoms with van der Waals surface area (Å²) in [5.74, 6) is 0. The van der Waals surface area contributed by atoms with Gasteiger partial charge in [0.05, 0.1) is 6.42 Å². The van der Waals surface area contributed by atoms with Gasteiger partial charge in [0, 0.05) is 19.1 Å². The monoisotopic (exact) mass is 266 g/mol. The summed E-state index contributed by atoms with van der Waals surface area (Å²) in [4.78, 5) is 0. The summed E-state index contributed by atoms with van der Waals surface area (Å²) >= 11 is 0. The second-order valence-corrected chi connectivity index (χ2v) is 5.63. The van der Waals surface area contributed by atoms with E-state index in [9.17, 15) is 13.2 Å². The average molecular weight is 266 g/mol. The Bertz CT molecular complexity index is 229. The summed E-state index contributed by atoms with van der Waals surface area (Å²) in [6.07, 6.45) is -0.435. The van der Waals surface area contributed by atoms with Crippen molar-refractivity contribution in [1.82, 2.24) is 10.6 Å². The van der Waals surface area contributed by atoms with E-state index >= 15 is 0 Å². The molecule has 2 atom stereocenters. The highest BCUT2D eigenvalue weighted by Gasteiger charge is 2.33. The Labute approximate surface area is 108 Å². The number of alkyl halides is 3. The third kappa shape index (κ3) is 5.57. The third-order valence-corrected chi connectivity index (χ3v) is 3.70. The van der Waals surface area contributed by atoms with Gasteiger partial charge in [0.25, 0.3) is 0 Å². The predicted molar refractivity (Wildman–Crippen MR) is 67.6 cm³/mol. The van der Waals surface area contributed by atoms with Crippen LogP contribution in [0.1, 0.15) is 46.0 Å². The zero-order valence-electron chi connectivity index (χ0n) is 11.4. The molecule has 2 unspecified atom stereocenters. The van der Waals surface area contributed by atoms with Gasteiger partial charge in [-0.05, 0) is 38.1 Å². The van der Waals surface area contributed by atoms with Crippen molar-refractivity contribution in [2.24, 2.45) is 5.41 Å². The highest BCUT2D eigenvalue weighted by molar-refractivity contribution is 4.88. The van der Waals surface area contributed by atoms with Crippen LogP contribution in [0.3, 0.4) is 0 Å². The summed E-state index contributed by atoms with van der Waals surface area (Å²) in [5, 5.41) is 6.44. The van der Waals surface area contributed by atoms with Crippen molar-refractivity contribution in [2.75, 3.05) is 19.6 Å². The standard InChI is InChI=1S/C13H25F3N2/c1-3-5-12(6-4-7-17-9-12)10-18-11(2)8-13(14,15)16/h11,17-18H,3-10H2,1-2H3. The van der Waals surface area contributed by atoms with E-state index < -0.39 is 18.6 Å². The molecular weight excluding hydrogens is 241 g/mol. The van der Waals surface area contributed by atoms with Crippen molar-refractivity contribution in [1.29, 1.82) is 0 Å². The summed E-state index contributed by atoms with van der Waals surface area (Å²) < 4.78 is 36.8. The topological polar surface area (TPSA) is 24.1 Å². The Morgan fingerprint density at radius 3 is 2.61 bits per heavy atom. The lowest BCUT2D eigenvalue weighted by Crippen LogP contribution is -2.48. The number of halogens is 3. The molecule has 5 heteroatoms. The van der Waals surface area contributed by atoms with Gasteiger partial charge in [-0.1, -0.05) is 13.3 Å². The fraction of sp³-hybridized carbons (Fsp3) is 1.00. The van der Waals surface area contributed by atoms with Crippen LogP contribution in [0.4, 0.5) is 13.2 Å². The van der Waals surface area contributed by atoms with Crippen molar-refractivity contribution in [2.45, 2.75) is 58.2 Å². The molecule has 0 radical (unpaired) electrons. The SMILES string of the molecule is CCCC1(CNC(C)CC(F)(F)F)CCCNC1.